The molecule has 2 aromatic carbocycles. The summed E-state index contributed by atoms with van der Waals surface area (Å²) in [6.45, 7) is 0.144. The lowest BCUT2D eigenvalue weighted by molar-refractivity contribution is -0.137. The number of carbonyl (C=O) groups is 1. The molecule has 144 valence electrons. The lowest BCUT2D eigenvalue weighted by atomic mass is 10.2. The van der Waals surface area contributed by atoms with Crippen LogP contribution in [0.4, 0.5) is 18.9 Å². The zero-order chi connectivity index (χ0) is 20.3. The zero-order valence-electron chi connectivity index (χ0n) is 14.2. The molecule has 1 heterocycles. The summed E-state index contributed by atoms with van der Waals surface area (Å²) < 4.78 is 39.7. The molecule has 0 unspecified atom stereocenters. The van der Waals surface area contributed by atoms with E-state index >= 15 is 0 Å². The molecule has 1 N–H and O–H groups in total. The quantitative estimate of drug-likeness (QED) is 0.704. The highest BCUT2D eigenvalue weighted by molar-refractivity contribution is 6.33. The van der Waals surface area contributed by atoms with Crippen molar-refractivity contribution in [1.29, 1.82) is 0 Å². The van der Waals surface area contributed by atoms with Gasteiger partial charge in [-0.25, -0.2) is 4.68 Å². The second kappa shape index (κ2) is 7.85. The molecule has 1 amide bonds. The van der Waals surface area contributed by atoms with Gasteiger partial charge < -0.3 is 5.32 Å². The van der Waals surface area contributed by atoms with Crippen molar-refractivity contribution in [2.24, 2.45) is 0 Å². The van der Waals surface area contributed by atoms with Crippen LogP contribution in [-0.4, -0.2) is 15.7 Å². The average molecular weight is 408 g/mol. The van der Waals surface area contributed by atoms with E-state index in [4.69, 9.17) is 11.6 Å². The standard InChI is InChI=1S/C19H13ClF3N3O2/c20-14-7-6-13(19(21,22)23)10-16(14)24-18(28)15-8-9-17(27)26(25-15)11-12-4-2-1-3-5-12/h1-10H,11H2,(H,24,28). The number of alkyl halides is 3. The van der Waals surface area contributed by atoms with Crippen LogP contribution in [0.1, 0.15) is 21.6 Å². The first-order valence-electron chi connectivity index (χ1n) is 8.04. The fraction of sp³-hybridized carbons (Fsp3) is 0.105. The van der Waals surface area contributed by atoms with Gasteiger partial charge in [0, 0.05) is 6.07 Å². The van der Waals surface area contributed by atoms with Gasteiger partial charge in [-0.1, -0.05) is 41.9 Å². The van der Waals surface area contributed by atoms with Gasteiger partial charge in [-0.15, -0.1) is 0 Å². The molecule has 0 atom stereocenters. The Morgan fingerprint density at radius 1 is 1.07 bits per heavy atom. The Kier molecular flexibility index (Phi) is 5.51. The van der Waals surface area contributed by atoms with E-state index in [1.807, 2.05) is 6.07 Å². The highest BCUT2D eigenvalue weighted by atomic mass is 35.5. The van der Waals surface area contributed by atoms with Crippen molar-refractivity contribution in [3.8, 4) is 0 Å². The summed E-state index contributed by atoms with van der Waals surface area (Å²) in [4.78, 5) is 24.4. The molecule has 1 aromatic heterocycles. The number of nitrogens with zero attached hydrogens (tertiary/aromatic N) is 2. The van der Waals surface area contributed by atoms with Crippen LogP contribution < -0.4 is 10.9 Å². The third-order valence-electron chi connectivity index (χ3n) is 3.82. The lowest BCUT2D eigenvalue weighted by Gasteiger charge is -2.12. The van der Waals surface area contributed by atoms with Gasteiger partial charge in [-0.05, 0) is 29.8 Å². The van der Waals surface area contributed by atoms with E-state index in [0.717, 1.165) is 28.4 Å². The number of hydrogen-bond donors (Lipinski definition) is 1. The van der Waals surface area contributed by atoms with Gasteiger partial charge >= 0.3 is 6.18 Å². The summed E-state index contributed by atoms with van der Waals surface area (Å²) in [6.07, 6.45) is -4.58. The number of halogens is 4. The minimum absolute atomic E-state index is 0.0565. The molecular formula is C19H13ClF3N3O2. The van der Waals surface area contributed by atoms with E-state index < -0.39 is 23.2 Å². The molecule has 0 saturated carbocycles. The molecule has 0 aliphatic heterocycles. The highest BCUT2D eigenvalue weighted by Crippen LogP contribution is 2.33. The van der Waals surface area contributed by atoms with E-state index in [1.54, 1.807) is 24.3 Å². The minimum atomic E-state index is -4.58. The Labute approximate surface area is 162 Å². The fourth-order valence-electron chi connectivity index (χ4n) is 2.42. The lowest BCUT2D eigenvalue weighted by Crippen LogP contribution is -2.26. The van der Waals surface area contributed by atoms with Crippen molar-refractivity contribution in [3.05, 3.63) is 92.9 Å². The molecule has 0 fully saturated rings. The van der Waals surface area contributed by atoms with E-state index in [2.05, 4.69) is 10.4 Å². The van der Waals surface area contributed by atoms with Crippen molar-refractivity contribution < 1.29 is 18.0 Å². The van der Waals surface area contributed by atoms with Crippen molar-refractivity contribution >= 4 is 23.2 Å². The number of amides is 1. The van der Waals surface area contributed by atoms with Crippen LogP contribution in [0.5, 0.6) is 0 Å². The molecular weight excluding hydrogens is 395 g/mol. The van der Waals surface area contributed by atoms with Crippen LogP contribution >= 0.6 is 11.6 Å². The first-order valence-corrected chi connectivity index (χ1v) is 8.42. The number of anilines is 1. The predicted octanol–water partition coefficient (Wildman–Crippen LogP) is 4.22. The monoisotopic (exact) mass is 407 g/mol. The van der Waals surface area contributed by atoms with Gasteiger partial charge in [0.2, 0.25) is 0 Å². The second-order valence-electron chi connectivity index (χ2n) is 5.85. The topological polar surface area (TPSA) is 64.0 Å². The van der Waals surface area contributed by atoms with E-state index in [0.29, 0.717) is 0 Å². The third kappa shape index (κ3) is 4.58. The van der Waals surface area contributed by atoms with Gasteiger partial charge in [0.1, 0.15) is 5.69 Å². The molecule has 9 heteroatoms. The first-order chi connectivity index (χ1) is 13.2. The van der Waals surface area contributed by atoms with Gasteiger partial charge in [0.05, 0.1) is 22.8 Å². The van der Waals surface area contributed by atoms with Crippen LogP contribution in [-0.2, 0) is 12.7 Å². The van der Waals surface area contributed by atoms with Gasteiger partial charge in [-0.2, -0.15) is 18.3 Å². The van der Waals surface area contributed by atoms with E-state index in [-0.39, 0.29) is 22.9 Å². The number of rotatable bonds is 4. The predicted molar refractivity (Wildman–Crippen MR) is 98.4 cm³/mol. The van der Waals surface area contributed by atoms with Crippen molar-refractivity contribution in [2.75, 3.05) is 5.32 Å². The summed E-state index contributed by atoms with van der Waals surface area (Å²) in [5, 5.41) is 6.24. The maximum atomic E-state index is 12.9. The fourth-order valence-corrected chi connectivity index (χ4v) is 2.59. The van der Waals surface area contributed by atoms with Crippen LogP contribution in [0, 0.1) is 0 Å². The van der Waals surface area contributed by atoms with Crippen LogP contribution in [0.25, 0.3) is 0 Å². The Balaban J connectivity index is 1.86. The maximum Gasteiger partial charge on any atom is 0.416 e. The number of aromatic nitrogens is 2. The number of benzene rings is 2. The molecule has 3 rings (SSSR count). The number of nitrogens with one attached hydrogen (secondary N) is 1. The van der Waals surface area contributed by atoms with E-state index in [1.165, 1.54) is 12.1 Å². The Bertz CT molecular complexity index is 1070. The zero-order valence-corrected chi connectivity index (χ0v) is 15.0. The first kappa shape index (κ1) is 19.6. The molecule has 0 aliphatic carbocycles. The summed E-state index contributed by atoms with van der Waals surface area (Å²) >= 11 is 5.88. The normalized spacial score (nSPS) is 11.3. The Morgan fingerprint density at radius 2 is 1.79 bits per heavy atom. The van der Waals surface area contributed by atoms with Crippen LogP contribution in [0.3, 0.4) is 0 Å². The largest absolute Gasteiger partial charge is 0.416 e. The van der Waals surface area contributed by atoms with Crippen molar-refractivity contribution in [3.63, 3.8) is 0 Å². The van der Waals surface area contributed by atoms with E-state index in [9.17, 15) is 22.8 Å². The second-order valence-corrected chi connectivity index (χ2v) is 6.25. The minimum Gasteiger partial charge on any atom is -0.319 e. The third-order valence-corrected chi connectivity index (χ3v) is 4.15. The molecule has 5 nitrogen and oxygen atoms in total. The number of carbonyl (C=O) groups excluding carboxylic acids is 1. The Hall–Kier alpha value is -3.13. The Morgan fingerprint density at radius 3 is 2.46 bits per heavy atom. The van der Waals surface area contributed by atoms with Crippen LogP contribution in [0.15, 0.2) is 65.5 Å². The van der Waals surface area contributed by atoms with Gasteiger partial charge in [0.15, 0.2) is 0 Å². The maximum absolute atomic E-state index is 12.9. The molecule has 0 saturated heterocycles. The SMILES string of the molecule is O=C(Nc1cc(C(F)(F)F)ccc1Cl)c1ccc(=O)n(Cc2ccccc2)n1. The molecule has 0 aliphatic rings. The molecule has 3 aromatic rings. The molecule has 0 radical (unpaired) electrons. The average Bonchev–Trinajstić information content (AvgIpc) is 2.65. The van der Waals surface area contributed by atoms with Crippen LogP contribution in [0.2, 0.25) is 5.02 Å². The summed E-state index contributed by atoms with van der Waals surface area (Å²) in [5.41, 5.74) is -0.907. The number of hydrogen-bond acceptors (Lipinski definition) is 3. The van der Waals surface area contributed by atoms with Crippen molar-refractivity contribution in [2.45, 2.75) is 12.7 Å². The summed E-state index contributed by atoms with van der Waals surface area (Å²) in [6, 6.07) is 14.0. The molecule has 28 heavy (non-hydrogen) atoms. The van der Waals surface area contributed by atoms with Gasteiger partial charge in [-0.3, -0.25) is 9.59 Å². The van der Waals surface area contributed by atoms with Gasteiger partial charge in [0.25, 0.3) is 11.5 Å². The highest BCUT2D eigenvalue weighted by Gasteiger charge is 2.31. The summed E-state index contributed by atoms with van der Waals surface area (Å²) in [7, 11) is 0. The summed E-state index contributed by atoms with van der Waals surface area (Å²) in [5.74, 6) is -0.789. The van der Waals surface area contributed by atoms with Crippen molar-refractivity contribution in [1.82, 2.24) is 9.78 Å². The smallest absolute Gasteiger partial charge is 0.319 e. The molecule has 0 spiro atoms. The molecule has 0 bridgehead atoms.